The lowest BCUT2D eigenvalue weighted by Crippen LogP contribution is -2.45. The van der Waals surface area contributed by atoms with E-state index in [1.54, 1.807) is 0 Å². The largest absolute Gasteiger partial charge is 0.543 e. The first-order valence-corrected chi connectivity index (χ1v) is 17.3. The number of fused-ring (bicyclic) bond motifs is 2. The highest BCUT2D eigenvalue weighted by molar-refractivity contribution is 6.74. The minimum atomic E-state index is -2.00. The van der Waals surface area contributed by atoms with E-state index in [2.05, 4.69) is 70.0 Å². The summed E-state index contributed by atoms with van der Waals surface area (Å²) in [6.07, 6.45) is 2.47. The van der Waals surface area contributed by atoms with Crippen molar-refractivity contribution >= 4 is 25.9 Å². The fraction of sp³-hybridized carbons (Fsp3) is 0.581. The van der Waals surface area contributed by atoms with Crippen molar-refractivity contribution in [3.8, 4) is 5.75 Å². The maximum Gasteiger partial charge on any atom is 0.310 e. The van der Waals surface area contributed by atoms with Crippen LogP contribution in [0.25, 0.3) is 0 Å². The van der Waals surface area contributed by atoms with Gasteiger partial charge < -0.3 is 18.8 Å². The number of likely N-dealkylation sites (tertiary alicyclic amines) is 1. The Kier molecular flexibility index (Phi) is 8.68. The third-order valence-electron chi connectivity index (χ3n) is 8.72. The fourth-order valence-electron chi connectivity index (χ4n) is 5.49. The third kappa shape index (κ3) is 6.14. The van der Waals surface area contributed by atoms with E-state index in [9.17, 15) is 4.79 Å². The van der Waals surface area contributed by atoms with Crippen molar-refractivity contribution in [3.63, 3.8) is 0 Å². The first kappa shape index (κ1) is 29.1. The van der Waals surface area contributed by atoms with E-state index in [0.29, 0.717) is 24.6 Å². The number of nitrogens with zero attached hydrogens (tertiary/aromatic N) is 1. The Morgan fingerprint density at radius 3 is 2.53 bits per heavy atom. The molecule has 2 unspecified atom stereocenters. The maximum absolute atomic E-state index is 13.1. The normalized spacial score (nSPS) is 20.3. The zero-order valence-corrected chi connectivity index (χ0v) is 25.9. The van der Waals surface area contributed by atoms with Gasteiger partial charge in [-0.2, -0.15) is 0 Å². The molecule has 7 heteroatoms. The summed E-state index contributed by atoms with van der Waals surface area (Å²) < 4.78 is 18.6. The summed E-state index contributed by atoms with van der Waals surface area (Å²) in [5, 5.41) is 0.747. The number of carbonyl (C=O) groups excluding carboxylic acids is 1. The second-order valence-electron chi connectivity index (χ2n) is 12.4. The number of hydrogen-bond donors (Lipinski definition) is 0. The van der Waals surface area contributed by atoms with E-state index in [4.69, 9.17) is 25.5 Å². The lowest BCUT2D eigenvalue weighted by atomic mass is 9.83. The van der Waals surface area contributed by atoms with E-state index in [0.717, 1.165) is 37.2 Å². The van der Waals surface area contributed by atoms with Crippen LogP contribution in [0.2, 0.25) is 23.2 Å². The van der Waals surface area contributed by atoms with Crippen LogP contribution in [0.1, 0.15) is 70.3 Å². The van der Waals surface area contributed by atoms with Gasteiger partial charge in [0.15, 0.2) is 0 Å². The fourth-order valence-corrected chi connectivity index (χ4v) is 6.71. The summed E-state index contributed by atoms with van der Waals surface area (Å²) >= 11 is 6.64. The van der Waals surface area contributed by atoms with Gasteiger partial charge in [-0.15, -0.1) is 0 Å². The molecule has 0 bridgehead atoms. The molecule has 0 aliphatic carbocycles. The highest BCUT2D eigenvalue weighted by Gasteiger charge is 2.45. The molecule has 208 valence electrons. The van der Waals surface area contributed by atoms with Crippen LogP contribution in [-0.2, 0) is 26.3 Å². The van der Waals surface area contributed by atoms with Gasteiger partial charge in [0.1, 0.15) is 5.75 Å². The van der Waals surface area contributed by atoms with Crippen molar-refractivity contribution in [2.45, 2.75) is 83.7 Å². The molecular weight excluding hydrogens is 514 g/mol. The number of ether oxygens (including phenoxy) is 2. The van der Waals surface area contributed by atoms with Gasteiger partial charge in [-0.25, -0.2) is 0 Å². The zero-order chi connectivity index (χ0) is 27.7. The average molecular weight is 558 g/mol. The summed E-state index contributed by atoms with van der Waals surface area (Å²) in [6.45, 7) is 17.9. The van der Waals surface area contributed by atoms with Gasteiger partial charge >= 0.3 is 5.97 Å². The number of rotatable bonds is 8. The number of hydrogen-bond acceptors (Lipinski definition) is 5. The lowest BCUT2D eigenvalue weighted by molar-refractivity contribution is -0.149. The quantitative estimate of drug-likeness (QED) is 0.248. The Hall–Kier alpha value is -1.86. The predicted molar refractivity (Wildman–Crippen MR) is 156 cm³/mol. The monoisotopic (exact) mass is 557 g/mol. The number of esters is 1. The number of piperidine rings is 1. The average Bonchev–Trinajstić information content (AvgIpc) is 3.12. The lowest BCUT2D eigenvalue weighted by Gasteiger charge is -2.40. The van der Waals surface area contributed by atoms with Crippen molar-refractivity contribution in [2.24, 2.45) is 5.92 Å². The topological polar surface area (TPSA) is 48.0 Å². The van der Waals surface area contributed by atoms with Gasteiger partial charge in [0, 0.05) is 24.7 Å². The zero-order valence-electron chi connectivity index (χ0n) is 24.1. The molecule has 2 aliphatic rings. The van der Waals surface area contributed by atoms with E-state index in [1.807, 2.05) is 25.1 Å². The molecule has 0 aromatic heterocycles. The smallest absolute Gasteiger partial charge is 0.310 e. The van der Waals surface area contributed by atoms with Gasteiger partial charge in [0.2, 0.25) is 8.32 Å². The summed E-state index contributed by atoms with van der Waals surface area (Å²) in [4.78, 5) is 15.5. The predicted octanol–water partition coefficient (Wildman–Crippen LogP) is 7.53. The molecular formula is C31H44ClNO4Si. The number of benzene rings is 2. The summed E-state index contributed by atoms with van der Waals surface area (Å²) in [5.74, 6) is 0.348. The SMILES string of the molecule is CCOC(=O)C(Cc1cc(O[Si](C)(C)C(C)(C)C)ccc1Cl)CN1CCC2(CC1)OC(C)c1ccccc12. The van der Waals surface area contributed by atoms with Crippen molar-refractivity contribution in [1.29, 1.82) is 0 Å². The van der Waals surface area contributed by atoms with Gasteiger partial charge in [-0.1, -0.05) is 56.6 Å². The molecule has 4 rings (SSSR count). The molecule has 5 nitrogen and oxygen atoms in total. The van der Waals surface area contributed by atoms with Crippen molar-refractivity contribution < 1.29 is 18.7 Å². The molecule has 1 fully saturated rings. The Morgan fingerprint density at radius 2 is 1.87 bits per heavy atom. The van der Waals surface area contributed by atoms with Crippen LogP contribution < -0.4 is 4.43 Å². The molecule has 0 saturated carbocycles. The minimum absolute atomic E-state index is 0.0905. The standard InChI is InChI=1S/C31H44ClNO4Si/c1-8-35-29(34)24(19-23-20-25(13-14-28(23)32)37-38(6,7)30(3,4)5)21-33-17-15-31(16-18-33)27-12-10-9-11-26(27)22(2)36-31/h9-14,20,22,24H,8,15-19,21H2,1-7H3. The van der Waals surface area contributed by atoms with E-state index < -0.39 is 8.32 Å². The molecule has 2 aliphatic heterocycles. The Labute approximate surface area is 234 Å². The van der Waals surface area contributed by atoms with Crippen LogP contribution in [-0.4, -0.2) is 45.4 Å². The molecule has 38 heavy (non-hydrogen) atoms. The van der Waals surface area contributed by atoms with Gasteiger partial charge in [-0.3, -0.25) is 4.79 Å². The molecule has 2 heterocycles. The first-order valence-electron chi connectivity index (χ1n) is 14.0. The van der Waals surface area contributed by atoms with E-state index in [-0.39, 0.29) is 28.6 Å². The summed E-state index contributed by atoms with van der Waals surface area (Å²) in [6, 6.07) is 14.5. The second-order valence-corrected chi connectivity index (χ2v) is 17.5. The molecule has 1 spiro atoms. The third-order valence-corrected chi connectivity index (χ3v) is 13.4. The maximum atomic E-state index is 13.1. The molecule has 2 atom stereocenters. The Balaban J connectivity index is 1.47. The molecule has 0 N–H and O–H groups in total. The van der Waals surface area contributed by atoms with E-state index >= 15 is 0 Å². The van der Waals surface area contributed by atoms with Gasteiger partial charge in [0.25, 0.3) is 0 Å². The minimum Gasteiger partial charge on any atom is -0.543 e. The number of carbonyl (C=O) groups is 1. The molecule has 0 amide bonds. The highest BCUT2D eigenvalue weighted by atomic mass is 35.5. The van der Waals surface area contributed by atoms with E-state index in [1.165, 1.54) is 11.1 Å². The van der Waals surface area contributed by atoms with Crippen LogP contribution in [0.4, 0.5) is 0 Å². The second kappa shape index (κ2) is 11.3. The highest BCUT2D eigenvalue weighted by Crippen LogP contribution is 2.49. The Morgan fingerprint density at radius 1 is 1.18 bits per heavy atom. The molecule has 1 saturated heterocycles. The van der Waals surface area contributed by atoms with Crippen molar-refractivity contribution in [3.05, 3.63) is 64.2 Å². The number of halogens is 1. The van der Waals surface area contributed by atoms with Crippen LogP contribution in [0.5, 0.6) is 5.75 Å². The van der Waals surface area contributed by atoms with Crippen LogP contribution in [0.15, 0.2) is 42.5 Å². The molecule has 2 aromatic rings. The first-order chi connectivity index (χ1) is 17.8. The van der Waals surface area contributed by atoms with Gasteiger partial charge in [-0.05, 0) is 86.1 Å². The van der Waals surface area contributed by atoms with Crippen LogP contribution >= 0.6 is 11.6 Å². The summed E-state index contributed by atoms with van der Waals surface area (Å²) in [7, 11) is -2.00. The van der Waals surface area contributed by atoms with Crippen molar-refractivity contribution in [1.82, 2.24) is 4.90 Å². The van der Waals surface area contributed by atoms with Crippen LogP contribution in [0, 0.1) is 5.92 Å². The molecule has 2 aromatic carbocycles. The van der Waals surface area contributed by atoms with Gasteiger partial charge in [0.05, 0.1) is 24.2 Å². The molecule has 0 radical (unpaired) electrons. The van der Waals surface area contributed by atoms with Crippen molar-refractivity contribution in [2.75, 3.05) is 26.2 Å². The Bertz CT molecular complexity index is 1140. The summed E-state index contributed by atoms with van der Waals surface area (Å²) in [5.41, 5.74) is 3.35. The van der Waals surface area contributed by atoms with Crippen LogP contribution in [0.3, 0.4) is 0 Å².